The Morgan fingerprint density at radius 3 is 2.29 bits per heavy atom. The van der Waals surface area contributed by atoms with Gasteiger partial charge in [-0.3, -0.25) is 4.79 Å². The van der Waals surface area contributed by atoms with Gasteiger partial charge in [0.05, 0.1) is 11.7 Å². The second kappa shape index (κ2) is 9.92. The number of hydrogen-bond acceptors (Lipinski definition) is 7. The molecule has 3 heterocycles. The van der Waals surface area contributed by atoms with Gasteiger partial charge < -0.3 is 16.2 Å². The van der Waals surface area contributed by atoms with Gasteiger partial charge in [0.15, 0.2) is 11.3 Å². The van der Waals surface area contributed by atoms with Crippen molar-refractivity contribution >= 4 is 28.9 Å². The first-order valence-corrected chi connectivity index (χ1v) is 10.1. The lowest BCUT2D eigenvalue weighted by Gasteiger charge is -2.23. The van der Waals surface area contributed by atoms with E-state index < -0.39 is 35.5 Å². The fraction of sp³-hybridized carbons (Fsp3) is 0.389. The summed E-state index contributed by atoms with van der Waals surface area (Å²) in [5.41, 5.74) is 4.88. The van der Waals surface area contributed by atoms with Gasteiger partial charge in [-0.15, -0.1) is 11.3 Å². The standard InChI is InChI=1S/C16H17F3N6OS.C2HF3O2/c1-15(2,14-23-11(8-27-14)16(17,18)19)24-13(26)10-6-22-25-7-9(3-4-20)5-21-12(10)25;3-2(4,5)1(6)7/h5-8H,3-4,20H2,1-2H3,(H,24,26);(H,6,7). The van der Waals surface area contributed by atoms with Gasteiger partial charge in [0.25, 0.3) is 5.91 Å². The Labute approximate surface area is 191 Å². The number of carbonyl (C=O) groups excluding carboxylic acids is 1. The topological polar surface area (TPSA) is 136 Å². The quantitative estimate of drug-likeness (QED) is 0.447. The number of carbonyl (C=O) groups is 2. The number of nitrogens with two attached hydrogens (primary N) is 1. The predicted octanol–water partition coefficient (Wildman–Crippen LogP) is 3.00. The van der Waals surface area contributed by atoms with E-state index in [-0.39, 0.29) is 10.6 Å². The molecular weight excluding hydrogens is 494 g/mol. The molecule has 186 valence electrons. The number of fused-ring (bicyclic) bond motifs is 1. The van der Waals surface area contributed by atoms with E-state index in [1.807, 2.05) is 0 Å². The van der Waals surface area contributed by atoms with Gasteiger partial charge in [-0.1, -0.05) is 0 Å². The number of thiazole rings is 1. The molecule has 0 atom stereocenters. The van der Waals surface area contributed by atoms with E-state index >= 15 is 0 Å². The smallest absolute Gasteiger partial charge is 0.475 e. The van der Waals surface area contributed by atoms with E-state index in [1.165, 1.54) is 10.7 Å². The number of aliphatic carboxylic acids is 1. The molecule has 0 unspecified atom stereocenters. The van der Waals surface area contributed by atoms with Crippen LogP contribution >= 0.6 is 11.3 Å². The van der Waals surface area contributed by atoms with Crippen LogP contribution in [0.2, 0.25) is 0 Å². The minimum absolute atomic E-state index is 0.151. The van der Waals surface area contributed by atoms with Crippen molar-refractivity contribution in [3.05, 3.63) is 45.8 Å². The molecule has 16 heteroatoms. The van der Waals surface area contributed by atoms with Crippen LogP contribution in [0.4, 0.5) is 26.3 Å². The summed E-state index contributed by atoms with van der Waals surface area (Å²) in [7, 11) is 0. The highest BCUT2D eigenvalue weighted by molar-refractivity contribution is 7.09. The van der Waals surface area contributed by atoms with Crippen LogP contribution in [0.25, 0.3) is 5.65 Å². The summed E-state index contributed by atoms with van der Waals surface area (Å²) in [5, 5.41) is 15.0. The largest absolute Gasteiger partial charge is 0.490 e. The number of rotatable bonds is 5. The predicted molar refractivity (Wildman–Crippen MR) is 107 cm³/mol. The number of carboxylic acids is 1. The van der Waals surface area contributed by atoms with Crippen molar-refractivity contribution in [2.75, 3.05) is 6.54 Å². The maximum absolute atomic E-state index is 12.8. The molecule has 0 spiro atoms. The molecule has 0 bridgehead atoms. The number of halogens is 6. The number of nitrogens with zero attached hydrogens (tertiary/aromatic N) is 4. The summed E-state index contributed by atoms with van der Waals surface area (Å²) in [5.74, 6) is -3.26. The number of nitrogens with one attached hydrogen (secondary N) is 1. The Bertz CT molecular complexity index is 1170. The monoisotopic (exact) mass is 512 g/mol. The first-order valence-electron chi connectivity index (χ1n) is 9.24. The van der Waals surface area contributed by atoms with Crippen LogP contribution in [-0.4, -0.2) is 49.3 Å². The lowest BCUT2D eigenvalue weighted by atomic mass is 10.1. The van der Waals surface area contributed by atoms with Crippen LogP contribution in [0, 0.1) is 0 Å². The molecule has 0 fully saturated rings. The van der Waals surface area contributed by atoms with Crippen molar-refractivity contribution in [2.24, 2.45) is 5.73 Å². The van der Waals surface area contributed by atoms with Crippen LogP contribution in [0.3, 0.4) is 0 Å². The Balaban J connectivity index is 0.000000509. The zero-order chi connectivity index (χ0) is 25.9. The number of amides is 1. The highest BCUT2D eigenvalue weighted by Gasteiger charge is 2.38. The molecule has 0 aliphatic rings. The molecule has 3 aromatic heterocycles. The lowest BCUT2D eigenvalue weighted by molar-refractivity contribution is -0.192. The Morgan fingerprint density at radius 2 is 1.79 bits per heavy atom. The molecule has 1 amide bonds. The van der Waals surface area contributed by atoms with E-state index in [0.29, 0.717) is 18.6 Å². The maximum atomic E-state index is 12.8. The van der Waals surface area contributed by atoms with Gasteiger partial charge in [0, 0.05) is 17.8 Å². The fourth-order valence-corrected chi connectivity index (χ4v) is 3.37. The van der Waals surface area contributed by atoms with Crippen molar-refractivity contribution in [3.8, 4) is 0 Å². The van der Waals surface area contributed by atoms with Crippen molar-refractivity contribution in [1.29, 1.82) is 0 Å². The van der Waals surface area contributed by atoms with E-state index in [1.54, 1.807) is 26.2 Å². The Kier molecular flexibility index (Phi) is 7.87. The van der Waals surface area contributed by atoms with Crippen LogP contribution < -0.4 is 11.1 Å². The highest BCUT2D eigenvalue weighted by Crippen LogP contribution is 2.33. The fourth-order valence-electron chi connectivity index (χ4n) is 2.46. The average molecular weight is 512 g/mol. The third-order valence-electron chi connectivity index (χ3n) is 4.09. The zero-order valence-corrected chi connectivity index (χ0v) is 18.3. The second-order valence-corrected chi connectivity index (χ2v) is 8.10. The molecule has 34 heavy (non-hydrogen) atoms. The molecule has 0 aromatic carbocycles. The van der Waals surface area contributed by atoms with Crippen molar-refractivity contribution < 1.29 is 41.0 Å². The summed E-state index contributed by atoms with van der Waals surface area (Å²) >= 11 is 0.840. The Hall–Kier alpha value is -3.27. The number of aromatic nitrogens is 4. The van der Waals surface area contributed by atoms with Gasteiger partial charge in [0.2, 0.25) is 0 Å². The van der Waals surface area contributed by atoms with Gasteiger partial charge in [-0.2, -0.15) is 31.4 Å². The number of alkyl halides is 6. The van der Waals surface area contributed by atoms with Crippen molar-refractivity contribution in [1.82, 2.24) is 24.9 Å². The van der Waals surface area contributed by atoms with Crippen molar-refractivity contribution in [2.45, 2.75) is 38.2 Å². The van der Waals surface area contributed by atoms with E-state index in [4.69, 9.17) is 15.6 Å². The van der Waals surface area contributed by atoms with Crippen LogP contribution in [-0.2, 0) is 22.9 Å². The SMILES string of the molecule is CC(C)(NC(=O)c1cnn2cc(CCN)cnc12)c1nc(C(F)(F)F)cs1.O=C(O)C(F)(F)F. The van der Waals surface area contributed by atoms with E-state index in [0.717, 1.165) is 22.3 Å². The van der Waals surface area contributed by atoms with E-state index in [2.05, 4.69) is 20.4 Å². The molecule has 3 aromatic rings. The molecular formula is C18H18F6N6O3S. The van der Waals surface area contributed by atoms with Crippen LogP contribution in [0.5, 0.6) is 0 Å². The van der Waals surface area contributed by atoms with E-state index in [9.17, 15) is 31.1 Å². The summed E-state index contributed by atoms with van der Waals surface area (Å²) < 4.78 is 71.5. The lowest BCUT2D eigenvalue weighted by Crippen LogP contribution is -2.41. The molecule has 0 radical (unpaired) electrons. The average Bonchev–Trinajstić information content (AvgIpc) is 3.35. The summed E-state index contributed by atoms with van der Waals surface area (Å²) in [6.07, 6.45) is -4.27. The minimum Gasteiger partial charge on any atom is -0.475 e. The molecule has 9 nitrogen and oxygen atoms in total. The van der Waals surface area contributed by atoms with Gasteiger partial charge in [-0.05, 0) is 32.4 Å². The number of hydrogen-bond donors (Lipinski definition) is 3. The molecule has 0 aliphatic heterocycles. The van der Waals surface area contributed by atoms with Gasteiger partial charge in [0.1, 0.15) is 10.6 Å². The summed E-state index contributed by atoms with van der Waals surface area (Å²) in [6.45, 7) is 3.63. The third-order valence-corrected chi connectivity index (χ3v) is 5.25. The van der Waals surface area contributed by atoms with Gasteiger partial charge >= 0.3 is 18.3 Å². The van der Waals surface area contributed by atoms with Crippen LogP contribution in [0.1, 0.15) is 40.5 Å². The molecule has 4 N–H and O–H groups in total. The number of carboxylic acid groups (broad SMARTS) is 1. The minimum atomic E-state index is -5.08. The third kappa shape index (κ3) is 6.63. The van der Waals surface area contributed by atoms with Crippen molar-refractivity contribution in [3.63, 3.8) is 0 Å². The molecule has 0 saturated heterocycles. The van der Waals surface area contributed by atoms with Crippen LogP contribution in [0.15, 0.2) is 24.0 Å². The second-order valence-electron chi connectivity index (χ2n) is 7.25. The molecule has 3 rings (SSSR count). The maximum Gasteiger partial charge on any atom is 0.490 e. The summed E-state index contributed by atoms with van der Waals surface area (Å²) in [4.78, 5) is 29.4. The highest BCUT2D eigenvalue weighted by atomic mass is 32.1. The molecule has 0 saturated carbocycles. The Morgan fingerprint density at radius 1 is 1.18 bits per heavy atom. The zero-order valence-electron chi connectivity index (χ0n) is 17.5. The normalized spacial score (nSPS) is 12.3. The first kappa shape index (κ1) is 27.0. The first-order chi connectivity index (χ1) is 15.6. The van der Waals surface area contributed by atoms with Gasteiger partial charge in [-0.25, -0.2) is 19.3 Å². The molecule has 0 aliphatic carbocycles. The summed E-state index contributed by atoms with van der Waals surface area (Å²) in [6, 6.07) is 0.